The van der Waals surface area contributed by atoms with Gasteiger partial charge in [-0.2, -0.15) is 16.7 Å². The standard InChI is InChI=1S/C23H20F3N7S/c1-12-7-18(28-11-27-12)32-8-13-9-34-10-17(32)21(13)29-23-30-22-15(3-2-6-33(22)31-23)14-4-5-16(24)20(26)19(14)25/h2-7,11,13,17,21H,8-10H2,1H3,(H,29,31)/t13-,17+,21?/m1/s1. The van der Waals surface area contributed by atoms with E-state index in [9.17, 15) is 13.2 Å². The molecular weight excluding hydrogens is 463 g/mol. The van der Waals surface area contributed by atoms with Gasteiger partial charge in [-0.05, 0) is 36.9 Å². The minimum absolute atomic E-state index is 0.0668. The molecule has 6 rings (SSSR count). The maximum Gasteiger partial charge on any atom is 0.243 e. The molecule has 1 unspecified atom stereocenters. The van der Waals surface area contributed by atoms with Crippen LogP contribution < -0.4 is 10.2 Å². The summed E-state index contributed by atoms with van der Waals surface area (Å²) >= 11 is 1.92. The molecule has 0 spiro atoms. The molecule has 2 aliphatic heterocycles. The van der Waals surface area contributed by atoms with Crippen molar-refractivity contribution in [1.82, 2.24) is 24.6 Å². The van der Waals surface area contributed by atoms with Crippen molar-refractivity contribution in [2.45, 2.75) is 19.0 Å². The van der Waals surface area contributed by atoms with Gasteiger partial charge in [0.15, 0.2) is 23.1 Å². The van der Waals surface area contributed by atoms with E-state index in [0.29, 0.717) is 23.1 Å². The van der Waals surface area contributed by atoms with E-state index in [4.69, 9.17) is 0 Å². The fraction of sp³-hybridized carbons (Fsp3) is 0.304. The van der Waals surface area contributed by atoms with Gasteiger partial charge in [-0.15, -0.1) is 5.10 Å². The number of hydrogen-bond acceptors (Lipinski definition) is 7. The first-order chi connectivity index (χ1) is 16.5. The van der Waals surface area contributed by atoms with Gasteiger partial charge in [-0.3, -0.25) is 0 Å². The number of nitrogens with zero attached hydrogens (tertiary/aromatic N) is 6. The van der Waals surface area contributed by atoms with Gasteiger partial charge < -0.3 is 10.2 Å². The van der Waals surface area contributed by atoms with Crippen LogP contribution in [-0.2, 0) is 0 Å². The minimum Gasteiger partial charge on any atom is -0.350 e. The van der Waals surface area contributed by atoms with Gasteiger partial charge in [-0.25, -0.2) is 27.7 Å². The van der Waals surface area contributed by atoms with Crippen LogP contribution in [0.15, 0.2) is 42.9 Å². The molecule has 11 heteroatoms. The van der Waals surface area contributed by atoms with Crippen LogP contribution in [0.3, 0.4) is 0 Å². The SMILES string of the molecule is Cc1cc(N2C[C@@H]3CSC[C@H]2C3Nc2nc3c(-c4ccc(F)c(F)c4F)cccn3n2)ncn1. The van der Waals surface area contributed by atoms with E-state index < -0.39 is 17.5 Å². The smallest absolute Gasteiger partial charge is 0.243 e. The highest BCUT2D eigenvalue weighted by Crippen LogP contribution is 2.38. The number of benzene rings is 1. The van der Waals surface area contributed by atoms with Crippen LogP contribution in [-0.4, -0.2) is 54.7 Å². The number of pyridine rings is 1. The molecule has 174 valence electrons. The summed E-state index contributed by atoms with van der Waals surface area (Å²) in [6, 6.07) is 7.71. The predicted molar refractivity (Wildman–Crippen MR) is 124 cm³/mol. The molecule has 3 aromatic heterocycles. The second-order valence-corrected chi connectivity index (χ2v) is 9.63. The highest BCUT2D eigenvalue weighted by Gasteiger charge is 2.45. The first kappa shape index (κ1) is 21.2. The van der Waals surface area contributed by atoms with Gasteiger partial charge in [0.05, 0.1) is 12.1 Å². The lowest BCUT2D eigenvalue weighted by Crippen LogP contribution is -2.45. The minimum atomic E-state index is -1.51. The molecule has 1 N–H and O–H groups in total. The van der Waals surface area contributed by atoms with E-state index in [1.165, 1.54) is 10.6 Å². The number of aryl methyl sites for hydroxylation is 1. The number of nitrogens with one attached hydrogen (secondary N) is 1. The highest BCUT2D eigenvalue weighted by molar-refractivity contribution is 7.99. The zero-order chi connectivity index (χ0) is 23.4. The topological polar surface area (TPSA) is 71.2 Å². The van der Waals surface area contributed by atoms with Crippen molar-refractivity contribution < 1.29 is 13.2 Å². The lowest BCUT2D eigenvalue weighted by Gasteiger charge is -2.32. The largest absolute Gasteiger partial charge is 0.350 e. The Labute approximate surface area is 197 Å². The van der Waals surface area contributed by atoms with E-state index in [2.05, 4.69) is 30.3 Å². The van der Waals surface area contributed by atoms with Crippen molar-refractivity contribution >= 4 is 29.2 Å². The number of hydrogen-bond donors (Lipinski definition) is 1. The Kier molecular flexibility index (Phi) is 5.09. The van der Waals surface area contributed by atoms with Gasteiger partial charge in [-0.1, -0.05) is 0 Å². The summed E-state index contributed by atoms with van der Waals surface area (Å²) < 4.78 is 43.3. The first-order valence-electron chi connectivity index (χ1n) is 10.9. The van der Waals surface area contributed by atoms with Crippen LogP contribution in [0.4, 0.5) is 24.9 Å². The summed E-state index contributed by atoms with van der Waals surface area (Å²) in [5.41, 5.74) is 1.54. The van der Waals surface area contributed by atoms with Crippen molar-refractivity contribution in [1.29, 1.82) is 0 Å². The Hall–Kier alpha value is -3.34. The van der Waals surface area contributed by atoms with Gasteiger partial charge in [0, 0.05) is 47.3 Å². The van der Waals surface area contributed by atoms with E-state index in [0.717, 1.165) is 35.6 Å². The molecule has 0 amide bonds. The second-order valence-electron chi connectivity index (χ2n) is 8.55. The number of anilines is 2. The van der Waals surface area contributed by atoms with Crippen LogP contribution >= 0.6 is 11.8 Å². The molecule has 5 heterocycles. The monoisotopic (exact) mass is 483 g/mol. The number of rotatable bonds is 4. The van der Waals surface area contributed by atoms with E-state index >= 15 is 0 Å². The maximum atomic E-state index is 14.5. The van der Waals surface area contributed by atoms with E-state index in [-0.39, 0.29) is 17.6 Å². The molecule has 7 nitrogen and oxygen atoms in total. The van der Waals surface area contributed by atoms with Crippen molar-refractivity contribution in [3.8, 4) is 11.1 Å². The predicted octanol–water partition coefficient (Wildman–Crippen LogP) is 3.94. The lowest BCUT2D eigenvalue weighted by atomic mass is 10.0. The van der Waals surface area contributed by atoms with Crippen molar-refractivity contribution in [3.05, 3.63) is 66.0 Å². The van der Waals surface area contributed by atoms with Crippen LogP contribution in [0, 0.1) is 30.3 Å². The molecule has 0 saturated carbocycles. The van der Waals surface area contributed by atoms with Crippen LogP contribution in [0.2, 0.25) is 0 Å². The third-order valence-corrected chi connectivity index (χ3v) is 7.68. The molecule has 0 aliphatic carbocycles. The first-order valence-corrected chi connectivity index (χ1v) is 12.0. The molecular formula is C23H20F3N7S. The fourth-order valence-electron chi connectivity index (χ4n) is 4.84. The third kappa shape index (κ3) is 3.46. The summed E-state index contributed by atoms with van der Waals surface area (Å²) in [5, 5.41) is 8.02. The maximum absolute atomic E-state index is 14.5. The molecule has 2 bridgehead atoms. The van der Waals surface area contributed by atoms with Crippen molar-refractivity contribution in [2.24, 2.45) is 5.92 Å². The molecule has 34 heavy (non-hydrogen) atoms. The van der Waals surface area contributed by atoms with Crippen molar-refractivity contribution in [3.63, 3.8) is 0 Å². The summed E-state index contributed by atoms with van der Waals surface area (Å²) in [7, 11) is 0. The summed E-state index contributed by atoms with van der Waals surface area (Å²) in [4.78, 5) is 15.6. The molecule has 2 saturated heterocycles. The Balaban J connectivity index is 1.33. The average molecular weight is 484 g/mol. The van der Waals surface area contributed by atoms with E-state index in [1.54, 1.807) is 24.7 Å². The molecule has 2 aliphatic rings. The zero-order valence-corrected chi connectivity index (χ0v) is 18.9. The van der Waals surface area contributed by atoms with Crippen molar-refractivity contribution in [2.75, 3.05) is 28.3 Å². The Morgan fingerprint density at radius 3 is 2.79 bits per heavy atom. The van der Waals surface area contributed by atoms with Gasteiger partial charge >= 0.3 is 0 Å². The molecule has 2 fully saturated rings. The quantitative estimate of drug-likeness (QED) is 0.441. The highest BCUT2D eigenvalue weighted by atomic mass is 32.2. The summed E-state index contributed by atoms with van der Waals surface area (Å²) in [6.07, 6.45) is 3.28. The van der Waals surface area contributed by atoms with Gasteiger partial charge in [0.25, 0.3) is 0 Å². The van der Waals surface area contributed by atoms with Crippen LogP contribution in [0.5, 0.6) is 0 Å². The summed E-state index contributed by atoms with van der Waals surface area (Å²) in [5.74, 6) is -0.350. The molecule has 4 aromatic rings. The Morgan fingerprint density at radius 1 is 1.06 bits per heavy atom. The number of halogens is 3. The number of thioether (sulfide) groups is 1. The fourth-order valence-corrected chi connectivity index (χ4v) is 6.22. The van der Waals surface area contributed by atoms with E-state index in [1.807, 2.05) is 24.8 Å². The zero-order valence-electron chi connectivity index (χ0n) is 18.1. The Morgan fingerprint density at radius 2 is 1.94 bits per heavy atom. The molecule has 0 radical (unpaired) electrons. The molecule has 1 aromatic carbocycles. The van der Waals surface area contributed by atoms with Crippen LogP contribution in [0.1, 0.15) is 5.69 Å². The average Bonchev–Trinajstić information content (AvgIpc) is 3.31. The molecule has 3 atom stereocenters. The lowest BCUT2D eigenvalue weighted by molar-refractivity contribution is 0.449. The summed E-state index contributed by atoms with van der Waals surface area (Å²) in [6.45, 7) is 2.82. The number of aromatic nitrogens is 5. The second kappa shape index (κ2) is 8.15. The van der Waals surface area contributed by atoms with Crippen LogP contribution in [0.25, 0.3) is 16.8 Å². The Bertz CT molecular complexity index is 1390. The van der Waals surface area contributed by atoms with Gasteiger partial charge in [0.2, 0.25) is 5.95 Å². The van der Waals surface area contributed by atoms with Gasteiger partial charge in [0.1, 0.15) is 12.1 Å². The third-order valence-electron chi connectivity index (χ3n) is 6.44. The normalized spacial score (nSPS) is 21.9. The number of fused-ring (bicyclic) bond motifs is 3.